The maximum atomic E-state index is 12.0. The number of fused-ring (bicyclic) bond motifs is 2. The van der Waals surface area contributed by atoms with Crippen LogP contribution in [0.25, 0.3) is 0 Å². The van der Waals surface area contributed by atoms with Crippen LogP contribution in [-0.2, 0) is 9.53 Å². The first-order valence-electron chi connectivity index (χ1n) is 9.97. The lowest BCUT2D eigenvalue weighted by atomic mass is 9.88. The van der Waals surface area contributed by atoms with Crippen LogP contribution >= 0.6 is 0 Å². The highest BCUT2D eigenvalue weighted by atomic mass is 16.5. The lowest BCUT2D eigenvalue weighted by Crippen LogP contribution is -2.63. The number of ether oxygens (including phenoxy) is 1. The number of nitrogens with zero attached hydrogens (tertiary/aromatic N) is 3. The Morgan fingerprint density at radius 3 is 2.15 bits per heavy atom. The third-order valence-corrected chi connectivity index (χ3v) is 6.14. The molecule has 3 fully saturated rings. The van der Waals surface area contributed by atoms with E-state index in [0.717, 1.165) is 45.3 Å². The Morgan fingerprint density at radius 2 is 1.69 bits per heavy atom. The summed E-state index contributed by atoms with van der Waals surface area (Å²) in [7, 11) is 0. The molecule has 0 aromatic heterocycles. The maximum absolute atomic E-state index is 12.0. The van der Waals surface area contributed by atoms with E-state index in [-0.39, 0.29) is 18.0 Å². The first-order chi connectivity index (χ1) is 12.4. The van der Waals surface area contributed by atoms with Crippen LogP contribution in [-0.4, -0.2) is 88.8 Å². The van der Waals surface area contributed by atoms with Crippen molar-refractivity contribution in [2.24, 2.45) is 5.92 Å². The molecule has 0 aromatic carbocycles. The van der Waals surface area contributed by atoms with Gasteiger partial charge in [0.05, 0.1) is 25.3 Å². The van der Waals surface area contributed by atoms with Gasteiger partial charge in [0.25, 0.3) is 0 Å². The Bertz CT molecular complexity index is 505. The van der Waals surface area contributed by atoms with Gasteiger partial charge in [-0.15, -0.1) is 0 Å². The van der Waals surface area contributed by atoms with E-state index in [1.54, 1.807) is 11.8 Å². The van der Waals surface area contributed by atoms with Gasteiger partial charge in [-0.25, -0.2) is 4.79 Å². The summed E-state index contributed by atoms with van der Waals surface area (Å²) >= 11 is 0. The van der Waals surface area contributed by atoms with Gasteiger partial charge < -0.3 is 19.6 Å². The van der Waals surface area contributed by atoms with E-state index in [1.807, 2.05) is 0 Å². The lowest BCUT2D eigenvalue weighted by molar-refractivity contribution is -0.133. The smallest absolute Gasteiger partial charge is 0.407 e. The SMILES string of the molecule is CC(=O)N(CC(C)C)C1CCN(C2CC3COCC(C2)N3C(=O)O)CC1. The predicted molar refractivity (Wildman–Crippen MR) is 98.1 cm³/mol. The zero-order chi connectivity index (χ0) is 18.8. The molecule has 26 heavy (non-hydrogen) atoms. The van der Waals surface area contributed by atoms with Gasteiger partial charge in [0.15, 0.2) is 0 Å². The van der Waals surface area contributed by atoms with Crippen LogP contribution in [0.3, 0.4) is 0 Å². The van der Waals surface area contributed by atoms with Crippen LogP contribution in [0, 0.1) is 5.92 Å². The van der Waals surface area contributed by atoms with Crippen molar-refractivity contribution in [3.63, 3.8) is 0 Å². The van der Waals surface area contributed by atoms with Crippen LogP contribution < -0.4 is 0 Å². The highest BCUT2D eigenvalue weighted by Gasteiger charge is 2.44. The number of carbonyl (C=O) groups excluding carboxylic acids is 1. The summed E-state index contributed by atoms with van der Waals surface area (Å²) in [6.45, 7) is 9.83. The fourth-order valence-corrected chi connectivity index (χ4v) is 4.99. The number of hydrogen-bond acceptors (Lipinski definition) is 4. The van der Waals surface area contributed by atoms with Crippen molar-refractivity contribution >= 4 is 12.0 Å². The van der Waals surface area contributed by atoms with Crippen LogP contribution in [0.5, 0.6) is 0 Å². The molecule has 7 nitrogen and oxygen atoms in total. The molecule has 148 valence electrons. The summed E-state index contributed by atoms with van der Waals surface area (Å²) in [5, 5.41) is 9.48. The number of carbonyl (C=O) groups is 2. The van der Waals surface area contributed by atoms with Crippen molar-refractivity contribution in [3.8, 4) is 0 Å². The molecular weight excluding hydrogens is 334 g/mol. The lowest BCUT2D eigenvalue weighted by Gasteiger charge is -2.51. The number of rotatable bonds is 4. The van der Waals surface area contributed by atoms with E-state index in [9.17, 15) is 14.7 Å². The normalized spacial score (nSPS) is 30.5. The number of piperidine rings is 2. The molecule has 0 aliphatic carbocycles. The van der Waals surface area contributed by atoms with E-state index in [4.69, 9.17) is 4.74 Å². The quantitative estimate of drug-likeness (QED) is 0.821. The Kier molecular flexibility index (Phi) is 6.07. The molecule has 3 aliphatic rings. The summed E-state index contributed by atoms with van der Waals surface area (Å²) in [5.41, 5.74) is 0. The van der Waals surface area contributed by atoms with Crippen molar-refractivity contribution in [1.29, 1.82) is 0 Å². The summed E-state index contributed by atoms with van der Waals surface area (Å²) < 4.78 is 5.60. The molecule has 7 heteroatoms. The summed E-state index contributed by atoms with van der Waals surface area (Å²) in [6, 6.07) is 0.740. The maximum Gasteiger partial charge on any atom is 0.407 e. The van der Waals surface area contributed by atoms with E-state index >= 15 is 0 Å². The highest BCUT2D eigenvalue weighted by Crippen LogP contribution is 2.32. The Morgan fingerprint density at radius 1 is 1.12 bits per heavy atom. The molecule has 3 saturated heterocycles. The van der Waals surface area contributed by atoms with Crippen molar-refractivity contribution in [1.82, 2.24) is 14.7 Å². The Balaban J connectivity index is 1.57. The van der Waals surface area contributed by atoms with E-state index in [1.165, 1.54) is 0 Å². The number of amides is 2. The van der Waals surface area contributed by atoms with Gasteiger partial charge in [-0.05, 0) is 31.6 Å². The fourth-order valence-electron chi connectivity index (χ4n) is 4.99. The summed E-state index contributed by atoms with van der Waals surface area (Å²) in [5.74, 6) is 0.662. The summed E-state index contributed by atoms with van der Waals surface area (Å²) in [4.78, 5) is 29.8. The third kappa shape index (κ3) is 4.14. The second-order valence-electron chi connectivity index (χ2n) is 8.49. The molecule has 2 atom stereocenters. The predicted octanol–water partition coefficient (Wildman–Crippen LogP) is 1.87. The molecule has 1 N–H and O–H groups in total. The minimum Gasteiger partial charge on any atom is -0.465 e. The first-order valence-corrected chi connectivity index (χ1v) is 9.97. The average Bonchev–Trinajstić information content (AvgIpc) is 2.58. The van der Waals surface area contributed by atoms with E-state index in [0.29, 0.717) is 31.2 Å². The van der Waals surface area contributed by atoms with Crippen LogP contribution in [0.4, 0.5) is 4.79 Å². The van der Waals surface area contributed by atoms with Gasteiger partial charge in [0, 0.05) is 38.6 Å². The number of likely N-dealkylation sites (tertiary alicyclic amines) is 1. The molecule has 2 unspecified atom stereocenters. The molecule has 3 heterocycles. The van der Waals surface area contributed by atoms with Crippen molar-refractivity contribution in [2.45, 2.75) is 70.6 Å². The van der Waals surface area contributed by atoms with E-state index in [2.05, 4.69) is 23.6 Å². The number of carboxylic acid groups (broad SMARTS) is 1. The number of morpholine rings is 1. The molecule has 3 aliphatic heterocycles. The minimum atomic E-state index is -0.814. The van der Waals surface area contributed by atoms with E-state index < -0.39 is 6.09 Å². The number of hydrogen-bond donors (Lipinski definition) is 1. The highest BCUT2D eigenvalue weighted by molar-refractivity contribution is 5.73. The zero-order valence-electron chi connectivity index (χ0n) is 16.3. The Labute approximate surface area is 156 Å². The van der Waals surface area contributed by atoms with Gasteiger partial charge >= 0.3 is 6.09 Å². The first kappa shape index (κ1) is 19.4. The van der Waals surface area contributed by atoms with Crippen molar-refractivity contribution in [2.75, 3.05) is 32.8 Å². The molecule has 0 aromatic rings. The topological polar surface area (TPSA) is 73.3 Å². The molecule has 0 radical (unpaired) electrons. The molecule has 2 amide bonds. The third-order valence-electron chi connectivity index (χ3n) is 6.14. The van der Waals surface area contributed by atoms with Crippen LogP contribution in [0.2, 0.25) is 0 Å². The second kappa shape index (κ2) is 8.13. The van der Waals surface area contributed by atoms with Gasteiger partial charge in [-0.3, -0.25) is 9.69 Å². The van der Waals surface area contributed by atoms with Gasteiger partial charge in [0.2, 0.25) is 5.91 Å². The van der Waals surface area contributed by atoms with Crippen molar-refractivity contribution in [3.05, 3.63) is 0 Å². The van der Waals surface area contributed by atoms with Gasteiger partial charge in [-0.1, -0.05) is 13.8 Å². The monoisotopic (exact) mass is 367 g/mol. The second-order valence-corrected chi connectivity index (χ2v) is 8.49. The molecule has 0 saturated carbocycles. The average molecular weight is 367 g/mol. The Hall–Kier alpha value is -1.34. The minimum absolute atomic E-state index is 0.0163. The van der Waals surface area contributed by atoms with Gasteiger partial charge in [0.1, 0.15) is 0 Å². The largest absolute Gasteiger partial charge is 0.465 e. The standard InChI is InChI=1S/C19H33N3O4/c1-13(2)10-21(14(3)23)15-4-6-20(7-5-15)16-8-17-11-26-12-18(9-16)22(17)19(24)25/h13,15-18H,4-12H2,1-3H3,(H,24,25). The van der Waals surface area contributed by atoms with Crippen LogP contribution in [0.15, 0.2) is 0 Å². The molecule has 3 rings (SSSR count). The molecule has 2 bridgehead atoms. The van der Waals surface area contributed by atoms with Gasteiger partial charge in [-0.2, -0.15) is 0 Å². The summed E-state index contributed by atoms with van der Waals surface area (Å²) in [6.07, 6.45) is 2.92. The molecule has 0 spiro atoms. The van der Waals surface area contributed by atoms with Crippen LogP contribution in [0.1, 0.15) is 46.5 Å². The van der Waals surface area contributed by atoms with Crippen molar-refractivity contribution < 1.29 is 19.4 Å². The zero-order valence-corrected chi connectivity index (χ0v) is 16.3. The molecular formula is C19H33N3O4. The fraction of sp³-hybridized carbons (Fsp3) is 0.895.